The average molecular weight is 317 g/mol. The Balaban J connectivity index is 1.87. The predicted octanol–water partition coefficient (Wildman–Crippen LogP) is 3.89. The van der Waals surface area contributed by atoms with E-state index in [0.29, 0.717) is 29.1 Å². The highest BCUT2D eigenvalue weighted by atomic mass is 16.5. The number of benzene rings is 1. The van der Waals surface area contributed by atoms with Gasteiger partial charge in [-0.25, -0.2) is 0 Å². The molecular formula is C19H27NO3. The minimum atomic E-state index is 0.0998. The Kier molecular flexibility index (Phi) is 4.79. The summed E-state index contributed by atoms with van der Waals surface area (Å²) in [6.45, 7) is 2.31. The molecule has 1 amide bonds. The first-order valence-electron chi connectivity index (χ1n) is 8.69. The van der Waals surface area contributed by atoms with Gasteiger partial charge in [0, 0.05) is 12.1 Å². The van der Waals surface area contributed by atoms with Gasteiger partial charge >= 0.3 is 0 Å². The van der Waals surface area contributed by atoms with Gasteiger partial charge in [0.25, 0.3) is 5.91 Å². The highest BCUT2D eigenvalue weighted by Gasteiger charge is 2.39. The van der Waals surface area contributed by atoms with Crippen molar-refractivity contribution in [3.8, 4) is 11.5 Å². The van der Waals surface area contributed by atoms with Gasteiger partial charge in [-0.05, 0) is 56.6 Å². The molecule has 0 atom stereocenters. The van der Waals surface area contributed by atoms with Crippen LogP contribution < -0.4 is 9.47 Å². The van der Waals surface area contributed by atoms with Crippen LogP contribution in [0.5, 0.6) is 11.5 Å². The van der Waals surface area contributed by atoms with Crippen LogP contribution in [-0.2, 0) is 0 Å². The van der Waals surface area contributed by atoms with Gasteiger partial charge in [0.2, 0.25) is 0 Å². The largest absolute Gasteiger partial charge is 0.493 e. The number of ether oxygens (including phenoxy) is 2. The summed E-state index contributed by atoms with van der Waals surface area (Å²) in [5.74, 6) is 2.05. The normalized spacial score (nSPS) is 24.1. The quantitative estimate of drug-likeness (QED) is 0.827. The van der Waals surface area contributed by atoms with Gasteiger partial charge in [-0.2, -0.15) is 0 Å². The van der Waals surface area contributed by atoms with E-state index in [0.717, 1.165) is 31.6 Å². The summed E-state index contributed by atoms with van der Waals surface area (Å²) in [7, 11) is 3.20. The molecule has 3 rings (SSSR count). The minimum absolute atomic E-state index is 0.0998. The second-order valence-electron chi connectivity index (χ2n) is 6.90. The molecule has 126 valence electrons. The molecule has 0 heterocycles. The number of hydrogen-bond donors (Lipinski definition) is 0. The predicted molar refractivity (Wildman–Crippen MR) is 90.2 cm³/mol. The summed E-state index contributed by atoms with van der Waals surface area (Å²) in [6.07, 6.45) is 6.94. The Morgan fingerprint density at radius 2 is 1.61 bits per heavy atom. The maximum absolute atomic E-state index is 13.2. The lowest BCUT2D eigenvalue weighted by Gasteiger charge is -2.36. The number of nitrogens with zero attached hydrogens (tertiary/aromatic N) is 1. The standard InChI is InChI=1S/C19H27NO3/c1-13-7-9-14(10-8-13)20(15-11-12-15)19(21)16-5-4-6-17(22-2)18(16)23-3/h4-6,13-15H,7-12H2,1-3H3. The SMILES string of the molecule is COc1cccc(C(=O)N(C2CCC(C)CC2)C2CC2)c1OC. The number of carbonyl (C=O) groups excluding carboxylic acids is 1. The van der Waals surface area contributed by atoms with E-state index in [-0.39, 0.29) is 5.91 Å². The van der Waals surface area contributed by atoms with Gasteiger partial charge in [-0.3, -0.25) is 4.79 Å². The average Bonchev–Trinajstić information content (AvgIpc) is 3.40. The van der Waals surface area contributed by atoms with E-state index in [9.17, 15) is 4.79 Å². The fraction of sp³-hybridized carbons (Fsp3) is 0.632. The number of carbonyl (C=O) groups is 1. The zero-order chi connectivity index (χ0) is 16.4. The first kappa shape index (κ1) is 16.2. The zero-order valence-electron chi connectivity index (χ0n) is 14.4. The Morgan fingerprint density at radius 3 is 2.13 bits per heavy atom. The van der Waals surface area contributed by atoms with Crippen LogP contribution in [0.2, 0.25) is 0 Å². The first-order chi connectivity index (χ1) is 11.2. The smallest absolute Gasteiger partial charge is 0.258 e. The molecule has 0 bridgehead atoms. The lowest BCUT2D eigenvalue weighted by atomic mass is 9.86. The van der Waals surface area contributed by atoms with E-state index in [1.165, 1.54) is 12.8 Å². The summed E-state index contributed by atoms with van der Waals surface area (Å²) < 4.78 is 10.8. The molecule has 1 aromatic carbocycles. The van der Waals surface area contributed by atoms with Crippen molar-refractivity contribution in [2.75, 3.05) is 14.2 Å². The first-order valence-corrected chi connectivity index (χ1v) is 8.69. The van der Waals surface area contributed by atoms with E-state index in [1.807, 2.05) is 18.2 Å². The van der Waals surface area contributed by atoms with Crippen molar-refractivity contribution in [3.05, 3.63) is 23.8 Å². The maximum atomic E-state index is 13.2. The van der Waals surface area contributed by atoms with Crippen LogP contribution in [0.25, 0.3) is 0 Å². The second kappa shape index (κ2) is 6.81. The van der Waals surface area contributed by atoms with E-state index < -0.39 is 0 Å². The van der Waals surface area contributed by atoms with E-state index in [4.69, 9.17) is 9.47 Å². The molecule has 2 aliphatic carbocycles. The second-order valence-corrected chi connectivity index (χ2v) is 6.90. The molecule has 2 saturated carbocycles. The molecule has 0 unspecified atom stereocenters. The zero-order valence-corrected chi connectivity index (χ0v) is 14.4. The fourth-order valence-corrected chi connectivity index (χ4v) is 3.70. The molecule has 0 N–H and O–H groups in total. The highest BCUT2D eigenvalue weighted by Crippen LogP contribution is 2.39. The molecule has 1 aromatic rings. The van der Waals surface area contributed by atoms with Gasteiger partial charge in [0.05, 0.1) is 19.8 Å². The van der Waals surface area contributed by atoms with Crippen molar-refractivity contribution >= 4 is 5.91 Å². The Labute approximate surface area is 138 Å². The molecule has 23 heavy (non-hydrogen) atoms. The molecule has 0 saturated heterocycles. The molecule has 4 nitrogen and oxygen atoms in total. The van der Waals surface area contributed by atoms with Crippen molar-refractivity contribution in [3.63, 3.8) is 0 Å². The van der Waals surface area contributed by atoms with Crippen molar-refractivity contribution in [2.45, 2.75) is 57.5 Å². The van der Waals surface area contributed by atoms with Crippen LogP contribution >= 0.6 is 0 Å². The topological polar surface area (TPSA) is 38.8 Å². The van der Waals surface area contributed by atoms with Gasteiger partial charge in [0.15, 0.2) is 11.5 Å². The molecule has 0 spiro atoms. The number of methoxy groups -OCH3 is 2. The van der Waals surface area contributed by atoms with Gasteiger partial charge < -0.3 is 14.4 Å². The molecular weight excluding hydrogens is 290 g/mol. The molecule has 0 radical (unpaired) electrons. The molecule has 0 aromatic heterocycles. The summed E-state index contributed by atoms with van der Waals surface area (Å²) in [6, 6.07) is 6.34. The van der Waals surface area contributed by atoms with Gasteiger partial charge in [-0.15, -0.1) is 0 Å². The van der Waals surface area contributed by atoms with Gasteiger partial charge in [0.1, 0.15) is 0 Å². The Bertz CT molecular complexity index is 560. The molecule has 2 aliphatic rings. The van der Waals surface area contributed by atoms with Gasteiger partial charge in [-0.1, -0.05) is 13.0 Å². The monoisotopic (exact) mass is 317 g/mol. The lowest BCUT2D eigenvalue weighted by molar-refractivity contribution is 0.0589. The third-order valence-corrected chi connectivity index (χ3v) is 5.19. The lowest BCUT2D eigenvalue weighted by Crippen LogP contribution is -2.43. The summed E-state index contributed by atoms with van der Waals surface area (Å²) in [5, 5.41) is 0. The van der Waals surface area contributed by atoms with Crippen molar-refractivity contribution in [1.82, 2.24) is 4.90 Å². The van der Waals surface area contributed by atoms with Crippen LogP contribution in [0.3, 0.4) is 0 Å². The third-order valence-electron chi connectivity index (χ3n) is 5.19. The molecule has 2 fully saturated rings. The molecule has 4 heteroatoms. The fourth-order valence-electron chi connectivity index (χ4n) is 3.70. The van der Waals surface area contributed by atoms with Crippen LogP contribution in [0.1, 0.15) is 55.8 Å². The Morgan fingerprint density at radius 1 is 1.00 bits per heavy atom. The van der Waals surface area contributed by atoms with Crippen LogP contribution in [-0.4, -0.2) is 37.1 Å². The van der Waals surface area contributed by atoms with E-state index in [2.05, 4.69) is 11.8 Å². The number of hydrogen-bond acceptors (Lipinski definition) is 3. The molecule has 0 aliphatic heterocycles. The third kappa shape index (κ3) is 3.31. The summed E-state index contributed by atoms with van der Waals surface area (Å²) in [4.78, 5) is 15.4. The van der Waals surface area contributed by atoms with Crippen LogP contribution in [0.4, 0.5) is 0 Å². The number of amides is 1. The highest BCUT2D eigenvalue weighted by molar-refractivity contribution is 5.98. The summed E-state index contributed by atoms with van der Waals surface area (Å²) >= 11 is 0. The van der Waals surface area contributed by atoms with Crippen molar-refractivity contribution in [1.29, 1.82) is 0 Å². The van der Waals surface area contributed by atoms with Crippen molar-refractivity contribution in [2.24, 2.45) is 5.92 Å². The summed E-state index contributed by atoms with van der Waals surface area (Å²) in [5.41, 5.74) is 0.623. The van der Waals surface area contributed by atoms with Crippen molar-refractivity contribution < 1.29 is 14.3 Å². The Hall–Kier alpha value is -1.71. The number of para-hydroxylation sites is 1. The van der Waals surface area contributed by atoms with Crippen LogP contribution in [0.15, 0.2) is 18.2 Å². The van der Waals surface area contributed by atoms with E-state index in [1.54, 1.807) is 14.2 Å². The number of rotatable bonds is 5. The van der Waals surface area contributed by atoms with E-state index >= 15 is 0 Å². The maximum Gasteiger partial charge on any atom is 0.258 e. The van der Waals surface area contributed by atoms with Crippen LogP contribution in [0, 0.1) is 5.92 Å². The minimum Gasteiger partial charge on any atom is -0.493 e.